The molecule has 1 aromatic carbocycles. The minimum atomic E-state index is -0.0150. The van der Waals surface area contributed by atoms with Crippen LogP contribution in [0.2, 0.25) is 0 Å². The normalized spacial score (nSPS) is 13.6. The highest BCUT2D eigenvalue weighted by Gasteiger charge is 2.29. The first-order valence-corrected chi connectivity index (χ1v) is 7.41. The molecule has 1 aliphatic rings. The Morgan fingerprint density at radius 1 is 1.50 bits per heavy atom. The van der Waals surface area contributed by atoms with E-state index >= 15 is 0 Å². The number of benzene rings is 1. The van der Waals surface area contributed by atoms with Crippen LogP contribution in [0.4, 0.5) is 11.4 Å². The topological polar surface area (TPSA) is 72.1 Å². The molecule has 5 nitrogen and oxygen atoms in total. The first-order valence-electron chi connectivity index (χ1n) is 6.64. The summed E-state index contributed by atoms with van der Waals surface area (Å²) in [4.78, 5) is 15.1. The van der Waals surface area contributed by atoms with Gasteiger partial charge in [-0.3, -0.25) is 4.79 Å². The molecule has 0 saturated heterocycles. The van der Waals surface area contributed by atoms with Gasteiger partial charge in [-0.25, -0.2) is 0 Å². The molecule has 0 unspecified atom stereocenters. The highest BCUT2D eigenvalue weighted by atomic mass is 32.1. The summed E-state index contributed by atoms with van der Waals surface area (Å²) in [5.41, 5.74) is 10.6. The van der Waals surface area contributed by atoms with Gasteiger partial charge in [-0.05, 0) is 48.5 Å². The predicted molar refractivity (Wildman–Crippen MR) is 80.3 cm³/mol. The van der Waals surface area contributed by atoms with Crippen molar-refractivity contribution in [1.82, 2.24) is 9.59 Å². The fraction of sp³-hybridized carbons (Fsp3) is 0.357. The number of nitrogens with two attached hydrogens (primary N) is 1. The van der Waals surface area contributed by atoms with E-state index in [0.29, 0.717) is 17.8 Å². The highest BCUT2D eigenvalue weighted by molar-refractivity contribution is 7.08. The van der Waals surface area contributed by atoms with Crippen LogP contribution in [0.3, 0.4) is 0 Å². The molecule has 0 fully saturated rings. The zero-order valence-corrected chi connectivity index (χ0v) is 12.3. The Morgan fingerprint density at radius 2 is 2.30 bits per heavy atom. The summed E-state index contributed by atoms with van der Waals surface area (Å²) in [5, 5.41) is 4.01. The minimum absolute atomic E-state index is 0.0150. The van der Waals surface area contributed by atoms with Gasteiger partial charge in [0.15, 0.2) is 0 Å². The molecule has 20 heavy (non-hydrogen) atoms. The monoisotopic (exact) mass is 288 g/mol. The lowest BCUT2D eigenvalue weighted by atomic mass is 10.1. The molecule has 2 heterocycles. The van der Waals surface area contributed by atoms with Crippen molar-refractivity contribution in [2.45, 2.75) is 26.7 Å². The summed E-state index contributed by atoms with van der Waals surface area (Å²) in [6.07, 6.45) is 1.59. The van der Waals surface area contributed by atoms with Gasteiger partial charge in [0, 0.05) is 17.9 Å². The minimum Gasteiger partial charge on any atom is -0.398 e. The SMILES string of the molecule is CCc1nnsc1C(=O)N1CCc2cc(C)c(N)cc21. The third-order valence-corrected chi connectivity index (χ3v) is 4.45. The zero-order valence-electron chi connectivity index (χ0n) is 11.5. The number of carbonyl (C=O) groups is 1. The lowest BCUT2D eigenvalue weighted by Crippen LogP contribution is -2.29. The van der Waals surface area contributed by atoms with Gasteiger partial charge in [0.2, 0.25) is 0 Å². The number of hydrogen-bond donors (Lipinski definition) is 1. The van der Waals surface area contributed by atoms with Crippen molar-refractivity contribution in [3.05, 3.63) is 33.8 Å². The first kappa shape index (κ1) is 13.1. The van der Waals surface area contributed by atoms with Crippen LogP contribution >= 0.6 is 11.5 Å². The Hall–Kier alpha value is -1.95. The summed E-state index contributed by atoms with van der Waals surface area (Å²) in [5.74, 6) is -0.0150. The van der Waals surface area contributed by atoms with E-state index in [1.807, 2.05) is 19.9 Å². The van der Waals surface area contributed by atoms with Crippen LogP contribution in [0.5, 0.6) is 0 Å². The number of nitrogens with zero attached hydrogens (tertiary/aromatic N) is 3. The molecule has 0 atom stereocenters. The van der Waals surface area contributed by atoms with E-state index in [9.17, 15) is 4.79 Å². The predicted octanol–water partition coefficient (Wildman–Crippen LogP) is 2.19. The molecular formula is C14H16N4OS. The molecule has 6 heteroatoms. The first-order chi connectivity index (χ1) is 9.61. The van der Waals surface area contributed by atoms with Crippen LogP contribution < -0.4 is 10.6 Å². The van der Waals surface area contributed by atoms with Crippen LogP contribution in [-0.4, -0.2) is 22.0 Å². The van der Waals surface area contributed by atoms with E-state index in [0.717, 1.165) is 29.1 Å². The third kappa shape index (κ3) is 1.96. The lowest BCUT2D eigenvalue weighted by molar-refractivity contribution is 0.0992. The van der Waals surface area contributed by atoms with Crippen molar-refractivity contribution in [2.75, 3.05) is 17.2 Å². The molecule has 0 spiro atoms. The Labute approximate surface area is 121 Å². The number of aryl methyl sites for hydroxylation is 2. The number of rotatable bonds is 2. The van der Waals surface area contributed by atoms with Crippen molar-refractivity contribution in [2.24, 2.45) is 0 Å². The van der Waals surface area contributed by atoms with Gasteiger partial charge in [0.1, 0.15) is 4.88 Å². The molecule has 3 rings (SSSR count). The van der Waals surface area contributed by atoms with Crippen LogP contribution in [0, 0.1) is 6.92 Å². The number of nitrogen functional groups attached to an aromatic ring is 1. The molecule has 1 amide bonds. The van der Waals surface area contributed by atoms with Crippen LogP contribution in [-0.2, 0) is 12.8 Å². The van der Waals surface area contributed by atoms with Crippen LogP contribution in [0.15, 0.2) is 12.1 Å². The lowest BCUT2D eigenvalue weighted by Gasteiger charge is -2.17. The Kier molecular flexibility index (Phi) is 3.17. The van der Waals surface area contributed by atoms with E-state index in [1.54, 1.807) is 4.90 Å². The van der Waals surface area contributed by atoms with Gasteiger partial charge in [0.05, 0.1) is 5.69 Å². The molecule has 0 saturated carbocycles. The molecule has 0 bridgehead atoms. The van der Waals surface area contributed by atoms with Gasteiger partial charge in [-0.15, -0.1) is 5.10 Å². The Balaban J connectivity index is 1.99. The summed E-state index contributed by atoms with van der Waals surface area (Å²) in [6.45, 7) is 4.66. The number of hydrogen-bond acceptors (Lipinski definition) is 5. The quantitative estimate of drug-likeness (QED) is 0.860. The third-order valence-electron chi connectivity index (χ3n) is 3.69. The standard InChI is InChI=1S/C14H16N4OS/c1-3-11-13(20-17-16-11)14(19)18-5-4-9-6-8(2)10(15)7-12(9)18/h6-7H,3-5,15H2,1-2H3. The second-order valence-corrected chi connectivity index (χ2v) is 5.70. The smallest absolute Gasteiger partial charge is 0.271 e. The van der Waals surface area contributed by atoms with E-state index in [1.165, 1.54) is 17.1 Å². The zero-order chi connectivity index (χ0) is 14.3. The second kappa shape index (κ2) is 4.86. The Morgan fingerprint density at radius 3 is 3.05 bits per heavy atom. The average molecular weight is 288 g/mol. The van der Waals surface area contributed by atoms with E-state index in [-0.39, 0.29) is 5.91 Å². The fourth-order valence-corrected chi connectivity index (χ4v) is 3.21. The van der Waals surface area contributed by atoms with Gasteiger partial charge < -0.3 is 10.6 Å². The largest absolute Gasteiger partial charge is 0.398 e. The van der Waals surface area contributed by atoms with Crippen LogP contribution in [0.1, 0.15) is 33.4 Å². The number of aromatic nitrogens is 2. The average Bonchev–Trinajstić information content (AvgIpc) is 3.05. The number of carbonyl (C=O) groups excluding carboxylic acids is 1. The van der Waals surface area contributed by atoms with Crippen molar-refractivity contribution >= 4 is 28.8 Å². The molecule has 2 N–H and O–H groups in total. The van der Waals surface area contributed by atoms with E-state index < -0.39 is 0 Å². The summed E-state index contributed by atoms with van der Waals surface area (Å²) in [7, 11) is 0. The maximum Gasteiger partial charge on any atom is 0.271 e. The molecular weight excluding hydrogens is 272 g/mol. The summed E-state index contributed by atoms with van der Waals surface area (Å²) < 4.78 is 3.89. The van der Waals surface area contributed by atoms with Crippen LogP contribution in [0.25, 0.3) is 0 Å². The molecule has 2 aromatic rings. The number of anilines is 2. The fourth-order valence-electron chi connectivity index (χ4n) is 2.51. The maximum absolute atomic E-state index is 12.7. The molecule has 0 aliphatic carbocycles. The van der Waals surface area contributed by atoms with Crippen molar-refractivity contribution in [1.29, 1.82) is 0 Å². The highest BCUT2D eigenvalue weighted by Crippen LogP contribution is 2.33. The van der Waals surface area contributed by atoms with Crippen molar-refractivity contribution < 1.29 is 4.79 Å². The number of fused-ring (bicyclic) bond motifs is 1. The van der Waals surface area contributed by atoms with Gasteiger partial charge in [-0.2, -0.15) is 0 Å². The van der Waals surface area contributed by atoms with Gasteiger partial charge >= 0.3 is 0 Å². The molecule has 1 aromatic heterocycles. The van der Waals surface area contributed by atoms with Gasteiger partial charge in [0.25, 0.3) is 5.91 Å². The molecule has 0 radical (unpaired) electrons. The molecule has 1 aliphatic heterocycles. The van der Waals surface area contributed by atoms with E-state index in [4.69, 9.17) is 5.73 Å². The summed E-state index contributed by atoms with van der Waals surface area (Å²) in [6, 6.07) is 3.97. The number of amides is 1. The van der Waals surface area contributed by atoms with Crippen molar-refractivity contribution in [3.8, 4) is 0 Å². The van der Waals surface area contributed by atoms with Gasteiger partial charge in [-0.1, -0.05) is 17.5 Å². The second-order valence-electron chi connectivity index (χ2n) is 4.95. The van der Waals surface area contributed by atoms with Crippen molar-refractivity contribution in [3.63, 3.8) is 0 Å². The molecule has 104 valence electrons. The maximum atomic E-state index is 12.7. The summed E-state index contributed by atoms with van der Waals surface area (Å²) >= 11 is 1.17. The van der Waals surface area contributed by atoms with E-state index in [2.05, 4.69) is 15.7 Å². The Bertz CT molecular complexity index is 680.